The first-order valence-corrected chi connectivity index (χ1v) is 8.13. The van der Waals surface area contributed by atoms with Crippen LogP contribution in [0.1, 0.15) is 27.2 Å². The number of hydrogen-bond donors (Lipinski definition) is 1. The summed E-state index contributed by atoms with van der Waals surface area (Å²) in [6, 6.07) is 0. The van der Waals surface area contributed by atoms with Crippen LogP contribution >= 0.6 is 0 Å². The molecule has 0 aliphatic carbocycles. The van der Waals surface area contributed by atoms with Crippen LogP contribution in [0.2, 0.25) is 0 Å². The standard InChI is InChI=1S/C16H29N3O5/c1-16(2,3)24-15(22)17-11-12(14(21)23-5)10-13(20)19-8-6-18(4)7-9-19/h12H,6-11H2,1-5H3,(H,17,22). The first-order chi connectivity index (χ1) is 11.1. The van der Waals surface area contributed by atoms with E-state index in [1.54, 1.807) is 25.7 Å². The molecule has 8 heteroatoms. The van der Waals surface area contributed by atoms with Gasteiger partial charge in [-0.15, -0.1) is 0 Å². The van der Waals surface area contributed by atoms with Gasteiger partial charge in [0.15, 0.2) is 0 Å². The van der Waals surface area contributed by atoms with Crippen LogP contribution in [0, 0.1) is 5.92 Å². The smallest absolute Gasteiger partial charge is 0.407 e. The highest BCUT2D eigenvalue weighted by Gasteiger charge is 2.28. The summed E-state index contributed by atoms with van der Waals surface area (Å²) in [6.45, 7) is 8.16. The van der Waals surface area contributed by atoms with E-state index in [0.717, 1.165) is 13.1 Å². The summed E-state index contributed by atoms with van der Waals surface area (Å²) in [6.07, 6.45) is -0.616. The van der Waals surface area contributed by atoms with Gasteiger partial charge in [0.2, 0.25) is 5.91 Å². The van der Waals surface area contributed by atoms with E-state index in [0.29, 0.717) is 13.1 Å². The minimum Gasteiger partial charge on any atom is -0.469 e. The number of rotatable bonds is 5. The van der Waals surface area contributed by atoms with Crippen LogP contribution in [-0.4, -0.2) is 80.3 Å². The first kappa shape index (κ1) is 20.2. The molecule has 1 saturated heterocycles. The number of carbonyl (C=O) groups is 3. The molecule has 1 fully saturated rings. The molecular weight excluding hydrogens is 314 g/mol. The van der Waals surface area contributed by atoms with Gasteiger partial charge in [0, 0.05) is 39.1 Å². The predicted molar refractivity (Wildman–Crippen MR) is 88.4 cm³/mol. The molecule has 1 atom stereocenters. The maximum absolute atomic E-state index is 12.4. The lowest BCUT2D eigenvalue weighted by molar-refractivity contribution is -0.149. The molecule has 0 aromatic rings. The molecule has 138 valence electrons. The van der Waals surface area contributed by atoms with E-state index < -0.39 is 23.6 Å². The second kappa shape index (κ2) is 8.86. The second-order valence-corrected chi connectivity index (χ2v) is 6.99. The Balaban J connectivity index is 2.54. The third kappa shape index (κ3) is 7.16. The Bertz CT molecular complexity index is 453. The topological polar surface area (TPSA) is 88.2 Å². The number of nitrogens with one attached hydrogen (secondary N) is 1. The fraction of sp³-hybridized carbons (Fsp3) is 0.812. The van der Waals surface area contributed by atoms with Gasteiger partial charge in [0.25, 0.3) is 0 Å². The van der Waals surface area contributed by atoms with Crippen molar-refractivity contribution >= 4 is 18.0 Å². The zero-order valence-corrected chi connectivity index (χ0v) is 15.3. The zero-order chi connectivity index (χ0) is 18.3. The SMILES string of the molecule is COC(=O)C(CNC(=O)OC(C)(C)C)CC(=O)N1CCN(C)CC1. The Morgan fingerprint density at radius 1 is 1.12 bits per heavy atom. The molecule has 1 N–H and O–H groups in total. The minimum atomic E-state index is -0.727. The average Bonchev–Trinajstić information content (AvgIpc) is 2.49. The van der Waals surface area contributed by atoms with Gasteiger partial charge in [-0.2, -0.15) is 0 Å². The normalized spacial score (nSPS) is 17.1. The van der Waals surface area contributed by atoms with Crippen LogP contribution in [-0.2, 0) is 19.1 Å². The molecule has 1 unspecified atom stereocenters. The summed E-state index contributed by atoms with van der Waals surface area (Å²) in [5.41, 5.74) is -0.625. The molecule has 0 aromatic heterocycles. The van der Waals surface area contributed by atoms with Crippen LogP contribution < -0.4 is 5.32 Å². The fourth-order valence-corrected chi connectivity index (χ4v) is 2.32. The van der Waals surface area contributed by atoms with Crippen molar-refractivity contribution in [1.29, 1.82) is 0 Å². The quantitative estimate of drug-likeness (QED) is 0.730. The number of piperazine rings is 1. The van der Waals surface area contributed by atoms with Crippen molar-refractivity contribution in [2.24, 2.45) is 5.92 Å². The largest absolute Gasteiger partial charge is 0.469 e. The van der Waals surface area contributed by atoms with Crippen molar-refractivity contribution in [3.05, 3.63) is 0 Å². The average molecular weight is 343 g/mol. The lowest BCUT2D eigenvalue weighted by Gasteiger charge is -2.33. The number of ether oxygens (including phenoxy) is 2. The fourth-order valence-electron chi connectivity index (χ4n) is 2.32. The Morgan fingerprint density at radius 2 is 1.71 bits per heavy atom. The number of amides is 2. The van der Waals surface area contributed by atoms with Crippen LogP contribution in [0.4, 0.5) is 4.79 Å². The van der Waals surface area contributed by atoms with E-state index in [9.17, 15) is 14.4 Å². The van der Waals surface area contributed by atoms with Crippen molar-refractivity contribution in [2.75, 3.05) is 46.9 Å². The Labute approximate surface area is 143 Å². The molecule has 24 heavy (non-hydrogen) atoms. The van der Waals surface area contributed by atoms with Crippen molar-refractivity contribution in [2.45, 2.75) is 32.8 Å². The van der Waals surface area contributed by atoms with E-state index in [2.05, 4.69) is 10.2 Å². The van der Waals surface area contributed by atoms with Gasteiger partial charge in [-0.05, 0) is 27.8 Å². The summed E-state index contributed by atoms with van der Waals surface area (Å²) in [7, 11) is 3.27. The van der Waals surface area contributed by atoms with Gasteiger partial charge in [-0.25, -0.2) is 4.79 Å². The zero-order valence-electron chi connectivity index (χ0n) is 15.3. The molecule has 2 amide bonds. The summed E-state index contributed by atoms with van der Waals surface area (Å²) in [5.74, 6) is -1.35. The molecule has 0 aromatic carbocycles. The van der Waals surface area contributed by atoms with Crippen molar-refractivity contribution in [1.82, 2.24) is 15.1 Å². The lowest BCUT2D eigenvalue weighted by atomic mass is 10.0. The van der Waals surface area contributed by atoms with Gasteiger partial charge in [0.1, 0.15) is 5.60 Å². The number of nitrogens with zero attached hydrogens (tertiary/aromatic N) is 2. The molecule has 0 radical (unpaired) electrons. The number of carbonyl (C=O) groups excluding carboxylic acids is 3. The van der Waals surface area contributed by atoms with E-state index in [1.807, 2.05) is 7.05 Å². The van der Waals surface area contributed by atoms with Crippen LogP contribution in [0.25, 0.3) is 0 Å². The summed E-state index contributed by atoms with van der Waals surface area (Å²) >= 11 is 0. The van der Waals surface area contributed by atoms with Gasteiger partial charge in [-0.3, -0.25) is 9.59 Å². The number of methoxy groups -OCH3 is 1. The molecule has 1 heterocycles. The van der Waals surface area contributed by atoms with Crippen LogP contribution in [0.3, 0.4) is 0 Å². The van der Waals surface area contributed by atoms with Gasteiger partial charge < -0.3 is 24.6 Å². The van der Waals surface area contributed by atoms with E-state index >= 15 is 0 Å². The molecule has 1 rings (SSSR count). The first-order valence-electron chi connectivity index (χ1n) is 8.13. The number of likely N-dealkylation sites (N-methyl/N-ethyl adjacent to an activating group) is 1. The van der Waals surface area contributed by atoms with E-state index in [4.69, 9.17) is 9.47 Å². The molecule has 1 aliphatic rings. The molecule has 0 saturated carbocycles. The highest BCUT2D eigenvalue weighted by molar-refractivity contribution is 5.83. The Kier molecular flexibility index (Phi) is 7.47. The Morgan fingerprint density at radius 3 is 2.21 bits per heavy atom. The van der Waals surface area contributed by atoms with Crippen LogP contribution in [0.15, 0.2) is 0 Å². The van der Waals surface area contributed by atoms with Gasteiger partial charge in [-0.1, -0.05) is 0 Å². The highest BCUT2D eigenvalue weighted by atomic mass is 16.6. The third-order valence-electron chi connectivity index (χ3n) is 3.70. The number of alkyl carbamates (subject to hydrolysis) is 1. The molecular formula is C16H29N3O5. The van der Waals surface area contributed by atoms with E-state index in [1.165, 1.54) is 7.11 Å². The maximum Gasteiger partial charge on any atom is 0.407 e. The van der Waals surface area contributed by atoms with Crippen molar-refractivity contribution in [3.8, 4) is 0 Å². The number of hydrogen-bond acceptors (Lipinski definition) is 6. The molecule has 0 spiro atoms. The monoisotopic (exact) mass is 343 g/mol. The number of esters is 1. The molecule has 1 aliphatic heterocycles. The summed E-state index contributed by atoms with van der Waals surface area (Å²) in [5, 5.41) is 2.53. The predicted octanol–water partition coefficient (Wildman–Crippen LogP) is 0.464. The highest BCUT2D eigenvalue weighted by Crippen LogP contribution is 2.11. The summed E-state index contributed by atoms with van der Waals surface area (Å²) in [4.78, 5) is 39.8. The maximum atomic E-state index is 12.4. The minimum absolute atomic E-state index is 0.00106. The molecule has 8 nitrogen and oxygen atoms in total. The lowest BCUT2D eigenvalue weighted by Crippen LogP contribution is -2.48. The Hall–Kier alpha value is -1.83. The van der Waals surface area contributed by atoms with Gasteiger partial charge >= 0.3 is 12.1 Å². The van der Waals surface area contributed by atoms with Crippen molar-refractivity contribution in [3.63, 3.8) is 0 Å². The van der Waals surface area contributed by atoms with Gasteiger partial charge in [0.05, 0.1) is 13.0 Å². The summed E-state index contributed by atoms with van der Waals surface area (Å²) < 4.78 is 9.87. The van der Waals surface area contributed by atoms with E-state index in [-0.39, 0.29) is 18.9 Å². The van der Waals surface area contributed by atoms with Crippen LogP contribution in [0.5, 0.6) is 0 Å². The third-order valence-corrected chi connectivity index (χ3v) is 3.70. The second-order valence-electron chi connectivity index (χ2n) is 6.99. The van der Waals surface area contributed by atoms with Crippen molar-refractivity contribution < 1.29 is 23.9 Å². The molecule has 0 bridgehead atoms.